The van der Waals surface area contributed by atoms with E-state index in [-0.39, 0.29) is 0 Å². The molecule has 0 radical (unpaired) electrons. The number of benzene rings is 1. The molecule has 1 atom stereocenters. The van der Waals surface area contributed by atoms with E-state index < -0.39 is 0 Å². The van der Waals surface area contributed by atoms with Gasteiger partial charge in [-0.05, 0) is 50.3 Å². The molecule has 0 aromatic heterocycles. The van der Waals surface area contributed by atoms with Crippen LogP contribution in [-0.2, 0) is 6.42 Å². The summed E-state index contributed by atoms with van der Waals surface area (Å²) >= 11 is 0. The van der Waals surface area contributed by atoms with Gasteiger partial charge in [0.2, 0.25) is 0 Å². The summed E-state index contributed by atoms with van der Waals surface area (Å²) in [6, 6.07) is 9.41. The van der Waals surface area contributed by atoms with Crippen LogP contribution in [0.4, 0.5) is 0 Å². The Labute approximate surface area is 113 Å². The second-order valence-electron chi connectivity index (χ2n) is 5.78. The Morgan fingerprint density at radius 3 is 2.39 bits per heavy atom. The number of hydrogen-bond acceptors (Lipinski definition) is 1. The second kappa shape index (κ2) is 8.31. The molecule has 1 heteroatoms. The van der Waals surface area contributed by atoms with Crippen molar-refractivity contribution < 1.29 is 0 Å². The van der Waals surface area contributed by atoms with Crippen molar-refractivity contribution >= 4 is 0 Å². The summed E-state index contributed by atoms with van der Waals surface area (Å²) in [5, 5.41) is 3.47. The van der Waals surface area contributed by atoms with Crippen LogP contribution in [0.3, 0.4) is 0 Å². The highest BCUT2D eigenvalue weighted by atomic mass is 14.9. The Balaban J connectivity index is 2.33. The minimum absolute atomic E-state index is 0.670. The van der Waals surface area contributed by atoms with Crippen molar-refractivity contribution in [3.05, 3.63) is 35.4 Å². The SMILES string of the molecule is CNC(CCCC(C)C)CCc1ccccc1C. The fraction of sp³-hybridized carbons (Fsp3) is 0.647. The maximum atomic E-state index is 3.47. The van der Waals surface area contributed by atoms with Crippen LogP contribution >= 0.6 is 0 Å². The van der Waals surface area contributed by atoms with Crippen LogP contribution in [0, 0.1) is 12.8 Å². The molecule has 0 aliphatic rings. The summed E-state index contributed by atoms with van der Waals surface area (Å²) in [4.78, 5) is 0. The van der Waals surface area contributed by atoms with Gasteiger partial charge in [0.25, 0.3) is 0 Å². The quantitative estimate of drug-likeness (QED) is 0.720. The number of hydrogen-bond donors (Lipinski definition) is 1. The lowest BCUT2D eigenvalue weighted by Crippen LogP contribution is -2.25. The van der Waals surface area contributed by atoms with E-state index in [2.05, 4.69) is 57.4 Å². The first-order chi connectivity index (χ1) is 8.63. The van der Waals surface area contributed by atoms with E-state index in [9.17, 15) is 0 Å². The molecule has 1 unspecified atom stereocenters. The third-order valence-corrected chi connectivity index (χ3v) is 3.77. The molecule has 0 heterocycles. The lowest BCUT2D eigenvalue weighted by atomic mass is 9.97. The lowest BCUT2D eigenvalue weighted by Gasteiger charge is -2.17. The summed E-state index contributed by atoms with van der Waals surface area (Å²) in [6.45, 7) is 6.83. The zero-order valence-electron chi connectivity index (χ0n) is 12.5. The Morgan fingerprint density at radius 2 is 1.78 bits per heavy atom. The van der Waals surface area contributed by atoms with Gasteiger partial charge >= 0.3 is 0 Å². The van der Waals surface area contributed by atoms with Gasteiger partial charge < -0.3 is 5.32 Å². The first-order valence-corrected chi connectivity index (χ1v) is 7.35. The molecule has 1 N–H and O–H groups in total. The summed E-state index contributed by atoms with van der Waals surface area (Å²) in [7, 11) is 2.10. The summed E-state index contributed by atoms with van der Waals surface area (Å²) in [6.07, 6.45) is 6.44. The number of rotatable bonds is 8. The van der Waals surface area contributed by atoms with E-state index in [1.165, 1.54) is 43.2 Å². The summed E-state index contributed by atoms with van der Waals surface area (Å²) in [5.74, 6) is 0.832. The Hall–Kier alpha value is -0.820. The first kappa shape index (κ1) is 15.2. The van der Waals surface area contributed by atoms with Crippen molar-refractivity contribution in [3.63, 3.8) is 0 Å². The summed E-state index contributed by atoms with van der Waals surface area (Å²) in [5.41, 5.74) is 2.93. The van der Waals surface area contributed by atoms with Gasteiger partial charge in [0, 0.05) is 6.04 Å². The standard InChI is InChI=1S/C17H29N/c1-14(2)8-7-11-17(18-4)13-12-16-10-6-5-9-15(16)3/h5-6,9-10,14,17-18H,7-8,11-13H2,1-4H3. The molecule has 18 heavy (non-hydrogen) atoms. The third kappa shape index (κ3) is 5.68. The molecule has 102 valence electrons. The molecule has 1 rings (SSSR count). The van der Waals surface area contributed by atoms with Gasteiger partial charge in [-0.1, -0.05) is 51.0 Å². The zero-order chi connectivity index (χ0) is 13.4. The highest BCUT2D eigenvalue weighted by Crippen LogP contribution is 2.14. The monoisotopic (exact) mass is 247 g/mol. The smallest absolute Gasteiger partial charge is 0.00672 e. The maximum absolute atomic E-state index is 3.47. The van der Waals surface area contributed by atoms with E-state index >= 15 is 0 Å². The van der Waals surface area contributed by atoms with E-state index in [0.29, 0.717) is 6.04 Å². The average molecular weight is 247 g/mol. The average Bonchev–Trinajstić information content (AvgIpc) is 2.35. The minimum atomic E-state index is 0.670. The van der Waals surface area contributed by atoms with Crippen LogP contribution in [0.15, 0.2) is 24.3 Å². The van der Waals surface area contributed by atoms with Gasteiger partial charge in [-0.3, -0.25) is 0 Å². The van der Waals surface area contributed by atoms with Crippen molar-refractivity contribution in [2.75, 3.05) is 7.05 Å². The van der Waals surface area contributed by atoms with Crippen LogP contribution < -0.4 is 5.32 Å². The van der Waals surface area contributed by atoms with Gasteiger partial charge in [-0.2, -0.15) is 0 Å². The predicted octanol–water partition coefficient (Wildman–Crippen LogP) is 4.34. The van der Waals surface area contributed by atoms with E-state index in [0.717, 1.165) is 5.92 Å². The van der Waals surface area contributed by atoms with Crippen molar-refractivity contribution in [3.8, 4) is 0 Å². The Bertz CT molecular complexity index is 330. The van der Waals surface area contributed by atoms with E-state index in [1.54, 1.807) is 0 Å². The van der Waals surface area contributed by atoms with E-state index in [4.69, 9.17) is 0 Å². The Kier molecular flexibility index (Phi) is 7.04. The molecule has 0 fully saturated rings. The molecule has 0 aliphatic heterocycles. The largest absolute Gasteiger partial charge is 0.317 e. The fourth-order valence-electron chi connectivity index (χ4n) is 2.43. The van der Waals surface area contributed by atoms with Gasteiger partial charge in [-0.15, -0.1) is 0 Å². The molecule has 0 aliphatic carbocycles. The summed E-state index contributed by atoms with van der Waals surface area (Å²) < 4.78 is 0. The number of aryl methyl sites for hydroxylation is 2. The number of nitrogens with one attached hydrogen (secondary N) is 1. The van der Waals surface area contributed by atoms with E-state index in [1.807, 2.05) is 0 Å². The highest BCUT2D eigenvalue weighted by molar-refractivity contribution is 5.25. The van der Waals surface area contributed by atoms with Crippen molar-refractivity contribution in [2.45, 2.75) is 58.9 Å². The molecule has 0 saturated heterocycles. The first-order valence-electron chi connectivity index (χ1n) is 7.35. The minimum Gasteiger partial charge on any atom is -0.317 e. The topological polar surface area (TPSA) is 12.0 Å². The van der Waals surface area contributed by atoms with Crippen molar-refractivity contribution in [1.82, 2.24) is 5.32 Å². The van der Waals surface area contributed by atoms with Crippen LogP contribution in [-0.4, -0.2) is 13.1 Å². The molecule has 0 amide bonds. The van der Waals surface area contributed by atoms with Crippen molar-refractivity contribution in [1.29, 1.82) is 0 Å². The molecule has 0 bridgehead atoms. The second-order valence-corrected chi connectivity index (χ2v) is 5.78. The van der Waals surface area contributed by atoms with Gasteiger partial charge in [0.1, 0.15) is 0 Å². The zero-order valence-corrected chi connectivity index (χ0v) is 12.5. The maximum Gasteiger partial charge on any atom is 0.00672 e. The normalized spacial score (nSPS) is 12.9. The Morgan fingerprint density at radius 1 is 1.06 bits per heavy atom. The van der Waals surface area contributed by atoms with Crippen LogP contribution in [0.1, 0.15) is 50.7 Å². The molecule has 1 aromatic rings. The fourth-order valence-corrected chi connectivity index (χ4v) is 2.43. The van der Waals surface area contributed by atoms with Gasteiger partial charge in [-0.25, -0.2) is 0 Å². The highest BCUT2D eigenvalue weighted by Gasteiger charge is 2.07. The third-order valence-electron chi connectivity index (χ3n) is 3.77. The lowest BCUT2D eigenvalue weighted by molar-refractivity contribution is 0.440. The van der Waals surface area contributed by atoms with Crippen LogP contribution in [0.25, 0.3) is 0 Å². The molecular weight excluding hydrogens is 218 g/mol. The molecule has 0 saturated carbocycles. The van der Waals surface area contributed by atoms with Gasteiger partial charge in [0.15, 0.2) is 0 Å². The predicted molar refractivity (Wildman–Crippen MR) is 81.0 cm³/mol. The van der Waals surface area contributed by atoms with Gasteiger partial charge in [0.05, 0.1) is 0 Å². The van der Waals surface area contributed by atoms with Crippen LogP contribution in [0.2, 0.25) is 0 Å². The molecule has 1 aromatic carbocycles. The molecule has 1 nitrogen and oxygen atoms in total. The van der Waals surface area contributed by atoms with Crippen LogP contribution in [0.5, 0.6) is 0 Å². The molecular formula is C17H29N. The molecule has 0 spiro atoms. The van der Waals surface area contributed by atoms with Crippen molar-refractivity contribution in [2.24, 2.45) is 5.92 Å².